The van der Waals surface area contributed by atoms with Crippen molar-refractivity contribution >= 4 is 39.1 Å². The number of aromatic nitrogens is 3. The van der Waals surface area contributed by atoms with E-state index in [1.807, 2.05) is 13.0 Å². The molecular formula is C37H39ClF5N5O4S. The Bertz CT molecular complexity index is 2120. The quantitative estimate of drug-likeness (QED) is 0.138. The van der Waals surface area contributed by atoms with Crippen molar-refractivity contribution < 1.29 is 36.2 Å². The van der Waals surface area contributed by atoms with E-state index < -0.39 is 43.0 Å². The van der Waals surface area contributed by atoms with E-state index in [0.717, 1.165) is 20.9 Å². The van der Waals surface area contributed by atoms with Crippen LogP contribution in [0.5, 0.6) is 5.75 Å². The van der Waals surface area contributed by atoms with Crippen LogP contribution in [-0.2, 0) is 24.1 Å². The summed E-state index contributed by atoms with van der Waals surface area (Å²) >= 11 is 7.80. The van der Waals surface area contributed by atoms with Gasteiger partial charge in [-0.3, -0.25) is 24.1 Å². The molecule has 0 N–H and O–H groups in total. The first-order chi connectivity index (χ1) is 25.0. The van der Waals surface area contributed by atoms with Gasteiger partial charge in [0.2, 0.25) is 0 Å². The zero-order valence-corrected chi connectivity index (χ0v) is 31.1. The number of benzene rings is 1. The van der Waals surface area contributed by atoms with Gasteiger partial charge in [0, 0.05) is 63.8 Å². The molecule has 3 aromatic heterocycles. The molecule has 0 saturated carbocycles. The number of rotatable bonds is 8. The molecule has 3 aliphatic rings. The van der Waals surface area contributed by atoms with Gasteiger partial charge in [-0.25, -0.2) is 18.6 Å². The number of esters is 1. The van der Waals surface area contributed by atoms with Gasteiger partial charge in [-0.1, -0.05) is 11.6 Å². The maximum atomic E-state index is 14.8. The zero-order valence-electron chi connectivity index (χ0n) is 29.5. The van der Waals surface area contributed by atoms with Gasteiger partial charge < -0.3 is 9.47 Å². The molecule has 2 fully saturated rings. The minimum absolute atomic E-state index is 0.0295. The minimum atomic E-state index is -4.56. The van der Waals surface area contributed by atoms with Gasteiger partial charge in [-0.05, 0) is 70.3 Å². The molecule has 16 heteroatoms. The number of carbonyl (C=O) groups is 1. The summed E-state index contributed by atoms with van der Waals surface area (Å²) in [4.78, 5) is 38.7. The molecule has 4 aromatic rings. The molecule has 2 unspecified atom stereocenters. The highest BCUT2D eigenvalue weighted by molar-refractivity contribution is 7.18. The fourth-order valence-corrected chi connectivity index (χ4v) is 9.68. The van der Waals surface area contributed by atoms with Gasteiger partial charge in [0.05, 0.1) is 48.2 Å². The highest BCUT2D eigenvalue weighted by atomic mass is 35.5. The molecule has 0 amide bonds. The lowest BCUT2D eigenvalue weighted by Crippen LogP contribution is -2.56. The second kappa shape index (κ2) is 14.2. The summed E-state index contributed by atoms with van der Waals surface area (Å²) in [5.41, 5.74) is 3.22. The van der Waals surface area contributed by atoms with Crippen LogP contribution in [0.25, 0.3) is 21.3 Å². The molecule has 5 heterocycles. The van der Waals surface area contributed by atoms with E-state index in [2.05, 4.69) is 9.88 Å². The number of nitrogens with zero attached hydrogens (tertiary/aromatic N) is 5. The third-order valence-electron chi connectivity index (χ3n) is 10.6. The second-order valence-electron chi connectivity index (χ2n) is 14.6. The summed E-state index contributed by atoms with van der Waals surface area (Å²) in [6, 6.07) is 7.04. The zero-order chi connectivity index (χ0) is 37.9. The fraction of sp³-hybridized carbons (Fsp3) is 0.514. The second-order valence-corrected chi connectivity index (χ2v) is 15.9. The van der Waals surface area contributed by atoms with E-state index >= 15 is 0 Å². The Morgan fingerprint density at radius 3 is 2.66 bits per heavy atom. The minimum Gasteiger partial charge on any atom is -0.491 e. The van der Waals surface area contributed by atoms with Crippen molar-refractivity contribution in [2.75, 3.05) is 46.4 Å². The van der Waals surface area contributed by atoms with Gasteiger partial charge in [-0.2, -0.15) is 13.2 Å². The Morgan fingerprint density at radius 2 is 1.91 bits per heavy atom. The van der Waals surface area contributed by atoms with Crippen molar-refractivity contribution in [3.05, 3.63) is 73.4 Å². The summed E-state index contributed by atoms with van der Waals surface area (Å²) in [6.45, 7) is 2.41. The lowest BCUT2D eigenvalue weighted by Gasteiger charge is -2.45. The van der Waals surface area contributed by atoms with E-state index in [9.17, 15) is 31.5 Å². The molecule has 2 aliphatic heterocycles. The van der Waals surface area contributed by atoms with Gasteiger partial charge in [0.25, 0.3) is 11.5 Å². The number of fused-ring (bicyclic) bond motifs is 2. The Kier molecular flexibility index (Phi) is 10.1. The predicted molar refractivity (Wildman–Crippen MR) is 191 cm³/mol. The number of ether oxygens (including phenoxy) is 2. The van der Waals surface area contributed by atoms with Crippen LogP contribution in [-0.4, -0.2) is 94.9 Å². The fourth-order valence-electron chi connectivity index (χ4n) is 8.50. The van der Waals surface area contributed by atoms with Crippen LogP contribution in [0.3, 0.4) is 0 Å². The van der Waals surface area contributed by atoms with Crippen LogP contribution >= 0.6 is 22.9 Å². The molecule has 53 heavy (non-hydrogen) atoms. The maximum Gasteiger partial charge on any atom is 0.401 e. The number of pyridine rings is 1. The number of hydrogen-bond donors (Lipinski definition) is 0. The van der Waals surface area contributed by atoms with E-state index in [4.69, 9.17) is 26.1 Å². The molecular weight excluding hydrogens is 741 g/mol. The number of thiophene rings is 1. The van der Waals surface area contributed by atoms with Crippen molar-refractivity contribution in [3.63, 3.8) is 0 Å². The normalized spacial score (nSPS) is 22.0. The Morgan fingerprint density at radius 1 is 1.11 bits per heavy atom. The van der Waals surface area contributed by atoms with Crippen molar-refractivity contribution in [3.8, 4) is 16.9 Å². The number of carbonyl (C=O) groups excluding carboxylic acids is 1. The number of alkyl halides is 5. The summed E-state index contributed by atoms with van der Waals surface area (Å²) in [6.07, 6.45) is -3.01. The number of piperidine rings is 1. The average Bonchev–Trinajstić information content (AvgIpc) is 3.68. The van der Waals surface area contributed by atoms with Gasteiger partial charge in [0.15, 0.2) is 0 Å². The molecule has 284 valence electrons. The van der Waals surface area contributed by atoms with Crippen LogP contribution in [0.15, 0.2) is 34.4 Å². The lowest BCUT2D eigenvalue weighted by molar-refractivity contribution is -0.178. The summed E-state index contributed by atoms with van der Waals surface area (Å²) in [7, 11) is 1.32. The number of methoxy groups -OCH3 is 1. The standard InChI is InChI=1S/C37H39ClF5N5O4S/c1-21-12-26(32-31(44-21)28(15-53-32)34(50)51-3)25-13-23(38)4-7-30(25)52-11-10-48-22(2)45-29-6-5-24(14-27(29)33(48)49)47-9-8-35(18-47)16-36(39,40)19-46(17-35)20-37(41,42)43/h4,7,12-13,15,24H,5-6,8-11,14,16-20H2,1-3H3. The van der Waals surface area contributed by atoms with Crippen LogP contribution in [0.4, 0.5) is 22.0 Å². The highest BCUT2D eigenvalue weighted by Gasteiger charge is 2.53. The van der Waals surface area contributed by atoms with Gasteiger partial charge in [-0.15, -0.1) is 11.3 Å². The summed E-state index contributed by atoms with van der Waals surface area (Å²) in [5.74, 6) is -2.62. The van der Waals surface area contributed by atoms with E-state index in [1.54, 1.807) is 35.1 Å². The molecule has 2 atom stereocenters. The van der Waals surface area contributed by atoms with E-state index in [0.29, 0.717) is 76.7 Å². The highest BCUT2D eigenvalue weighted by Crippen LogP contribution is 2.46. The third kappa shape index (κ3) is 7.80. The molecule has 1 spiro atoms. The number of hydrogen-bond acceptors (Lipinski definition) is 9. The Labute approximate surface area is 311 Å². The van der Waals surface area contributed by atoms with Crippen LogP contribution in [0.1, 0.15) is 52.4 Å². The average molecular weight is 780 g/mol. The molecule has 0 bridgehead atoms. The molecule has 1 aromatic carbocycles. The van der Waals surface area contributed by atoms with Crippen molar-refractivity contribution in [1.82, 2.24) is 24.3 Å². The first kappa shape index (κ1) is 37.6. The van der Waals surface area contributed by atoms with Gasteiger partial charge >= 0.3 is 12.1 Å². The summed E-state index contributed by atoms with van der Waals surface area (Å²) < 4.78 is 82.7. The van der Waals surface area contributed by atoms with E-state index in [1.165, 1.54) is 18.4 Å². The first-order valence-corrected chi connectivity index (χ1v) is 18.7. The largest absolute Gasteiger partial charge is 0.491 e. The third-order valence-corrected chi connectivity index (χ3v) is 11.8. The maximum absolute atomic E-state index is 14.8. The van der Waals surface area contributed by atoms with E-state index in [-0.39, 0.29) is 37.8 Å². The number of halogens is 6. The van der Waals surface area contributed by atoms with Crippen molar-refractivity contribution in [2.24, 2.45) is 5.41 Å². The topological polar surface area (TPSA) is 89.8 Å². The van der Waals surface area contributed by atoms with Crippen molar-refractivity contribution in [2.45, 2.75) is 70.6 Å². The van der Waals surface area contributed by atoms with Crippen LogP contribution in [0, 0.1) is 19.3 Å². The smallest absolute Gasteiger partial charge is 0.401 e. The Balaban J connectivity index is 1.07. The molecule has 1 aliphatic carbocycles. The molecule has 0 radical (unpaired) electrons. The molecule has 9 nitrogen and oxygen atoms in total. The lowest BCUT2D eigenvalue weighted by atomic mass is 9.77. The van der Waals surface area contributed by atoms with Crippen molar-refractivity contribution in [1.29, 1.82) is 0 Å². The molecule has 2 saturated heterocycles. The number of aryl methyl sites for hydroxylation is 3. The predicted octanol–water partition coefficient (Wildman–Crippen LogP) is 7.11. The summed E-state index contributed by atoms with van der Waals surface area (Å²) in [5, 5.41) is 2.20. The monoisotopic (exact) mass is 779 g/mol. The van der Waals surface area contributed by atoms with Crippen LogP contribution in [0.2, 0.25) is 5.02 Å². The first-order valence-electron chi connectivity index (χ1n) is 17.4. The molecule has 7 rings (SSSR count). The number of likely N-dealkylation sites (tertiary alicyclic amines) is 2. The van der Waals surface area contributed by atoms with Gasteiger partial charge in [0.1, 0.15) is 18.2 Å². The van der Waals surface area contributed by atoms with Crippen LogP contribution < -0.4 is 10.3 Å². The SMILES string of the molecule is COC(=O)c1csc2c(-c3cc(Cl)ccc3OCCn3c(C)nc4c(c3=O)CC(N3CCC5(CN(CC(F)(F)F)CC(F)(F)C5)C3)CC4)cc(C)nc12. The Hall–Kier alpha value is -3.66.